The number of benzene rings is 1. The molecule has 0 aromatic heterocycles. The largest absolute Gasteiger partial charge is 0.399 e. The first-order valence-corrected chi connectivity index (χ1v) is 6.98. The standard InChI is InChI=1S/C16H26N2O2/c1-12(13-6-5-7-14(17)10-13)15(19)18-11-16(2,3)8-9-20-4/h5-7,10,12H,8-9,11,17H2,1-4H3,(H,18,19). The molecule has 4 nitrogen and oxygen atoms in total. The fourth-order valence-electron chi connectivity index (χ4n) is 1.93. The smallest absolute Gasteiger partial charge is 0.227 e. The van der Waals surface area contributed by atoms with Gasteiger partial charge in [0.15, 0.2) is 0 Å². The summed E-state index contributed by atoms with van der Waals surface area (Å²) in [6.45, 7) is 7.48. The summed E-state index contributed by atoms with van der Waals surface area (Å²) in [5.74, 6) is -0.169. The van der Waals surface area contributed by atoms with Crippen LogP contribution in [0.5, 0.6) is 0 Å². The SMILES string of the molecule is COCCC(C)(C)CNC(=O)C(C)c1cccc(N)c1. The van der Waals surface area contributed by atoms with Crippen molar-refractivity contribution in [3.8, 4) is 0 Å². The fraction of sp³-hybridized carbons (Fsp3) is 0.562. The number of ether oxygens (including phenoxy) is 1. The lowest BCUT2D eigenvalue weighted by Gasteiger charge is -2.25. The second-order valence-corrected chi connectivity index (χ2v) is 6.02. The number of hydrogen-bond acceptors (Lipinski definition) is 3. The highest BCUT2D eigenvalue weighted by atomic mass is 16.5. The monoisotopic (exact) mass is 278 g/mol. The van der Waals surface area contributed by atoms with Crippen LogP contribution in [0.25, 0.3) is 0 Å². The van der Waals surface area contributed by atoms with Crippen molar-refractivity contribution >= 4 is 11.6 Å². The van der Waals surface area contributed by atoms with Crippen LogP contribution in [0.2, 0.25) is 0 Å². The van der Waals surface area contributed by atoms with Crippen molar-refractivity contribution in [3.63, 3.8) is 0 Å². The predicted octanol–water partition coefficient (Wildman–Crippen LogP) is 2.55. The van der Waals surface area contributed by atoms with Gasteiger partial charge in [-0.15, -0.1) is 0 Å². The first-order chi connectivity index (χ1) is 9.35. The Morgan fingerprint density at radius 3 is 2.75 bits per heavy atom. The Kier molecular flexibility index (Phi) is 6.02. The van der Waals surface area contributed by atoms with E-state index in [4.69, 9.17) is 10.5 Å². The zero-order chi connectivity index (χ0) is 15.2. The summed E-state index contributed by atoms with van der Waals surface area (Å²) in [4.78, 5) is 12.2. The lowest BCUT2D eigenvalue weighted by molar-refractivity contribution is -0.122. The average Bonchev–Trinajstić information content (AvgIpc) is 2.42. The minimum Gasteiger partial charge on any atom is -0.399 e. The third kappa shape index (κ3) is 5.21. The number of nitrogen functional groups attached to an aromatic ring is 1. The lowest BCUT2D eigenvalue weighted by atomic mass is 9.89. The maximum absolute atomic E-state index is 12.2. The number of hydrogen-bond donors (Lipinski definition) is 2. The Morgan fingerprint density at radius 2 is 2.15 bits per heavy atom. The first-order valence-electron chi connectivity index (χ1n) is 6.98. The topological polar surface area (TPSA) is 64.3 Å². The second kappa shape index (κ2) is 7.29. The van der Waals surface area contributed by atoms with Crippen LogP contribution >= 0.6 is 0 Å². The molecule has 0 heterocycles. The summed E-state index contributed by atoms with van der Waals surface area (Å²) in [5.41, 5.74) is 7.40. The van der Waals surface area contributed by atoms with Crippen LogP contribution in [0.15, 0.2) is 24.3 Å². The van der Waals surface area contributed by atoms with Crippen LogP contribution in [-0.4, -0.2) is 26.2 Å². The second-order valence-electron chi connectivity index (χ2n) is 6.02. The maximum Gasteiger partial charge on any atom is 0.227 e. The van der Waals surface area contributed by atoms with E-state index >= 15 is 0 Å². The van der Waals surface area contributed by atoms with Crippen molar-refractivity contribution < 1.29 is 9.53 Å². The lowest BCUT2D eigenvalue weighted by Crippen LogP contribution is -2.36. The number of amides is 1. The Labute approximate surface area is 121 Å². The van der Waals surface area contributed by atoms with Gasteiger partial charge in [-0.25, -0.2) is 0 Å². The molecule has 1 amide bonds. The van der Waals surface area contributed by atoms with Crippen LogP contribution in [0.1, 0.15) is 38.7 Å². The predicted molar refractivity (Wildman–Crippen MR) is 82.6 cm³/mol. The summed E-state index contributed by atoms with van der Waals surface area (Å²) in [5, 5.41) is 3.01. The van der Waals surface area contributed by atoms with Crippen LogP contribution in [0.3, 0.4) is 0 Å². The molecule has 0 saturated heterocycles. The molecule has 0 spiro atoms. The van der Waals surface area contributed by atoms with Crippen molar-refractivity contribution in [3.05, 3.63) is 29.8 Å². The van der Waals surface area contributed by atoms with Crippen LogP contribution in [-0.2, 0) is 9.53 Å². The van der Waals surface area contributed by atoms with Gasteiger partial charge >= 0.3 is 0 Å². The molecule has 1 rings (SSSR count). The average molecular weight is 278 g/mol. The van der Waals surface area contributed by atoms with Gasteiger partial charge in [0.1, 0.15) is 0 Å². The summed E-state index contributed by atoms with van der Waals surface area (Å²) < 4.78 is 5.09. The van der Waals surface area contributed by atoms with Crippen LogP contribution < -0.4 is 11.1 Å². The third-order valence-electron chi connectivity index (χ3n) is 3.53. The van der Waals surface area contributed by atoms with Crippen LogP contribution in [0.4, 0.5) is 5.69 Å². The van der Waals surface area contributed by atoms with E-state index in [0.717, 1.165) is 12.0 Å². The van der Waals surface area contributed by atoms with Crippen molar-refractivity contribution in [1.82, 2.24) is 5.32 Å². The van der Waals surface area contributed by atoms with E-state index in [1.807, 2.05) is 31.2 Å². The van der Waals surface area contributed by atoms with Crippen molar-refractivity contribution in [2.45, 2.75) is 33.1 Å². The van der Waals surface area contributed by atoms with E-state index < -0.39 is 0 Å². The third-order valence-corrected chi connectivity index (χ3v) is 3.53. The van der Waals surface area contributed by atoms with Gasteiger partial charge in [0.05, 0.1) is 5.92 Å². The number of rotatable bonds is 7. The van der Waals surface area contributed by atoms with E-state index in [2.05, 4.69) is 19.2 Å². The van der Waals surface area contributed by atoms with E-state index in [1.165, 1.54) is 0 Å². The zero-order valence-electron chi connectivity index (χ0n) is 12.9. The number of anilines is 1. The molecular formula is C16H26N2O2. The van der Waals surface area contributed by atoms with Crippen molar-refractivity contribution in [2.75, 3.05) is 26.0 Å². The first kappa shape index (κ1) is 16.5. The molecule has 112 valence electrons. The van der Waals surface area contributed by atoms with E-state index in [0.29, 0.717) is 18.8 Å². The molecule has 0 saturated carbocycles. The summed E-state index contributed by atoms with van der Waals surface area (Å²) in [6, 6.07) is 7.47. The molecule has 20 heavy (non-hydrogen) atoms. The fourth-order valence-corrected chi connectivity index (χ4v) is 1.93. The molecule has 0 aliphatic rings. The Bertz CT molecular complexity index is 444. The minimum atomic E-state index is -0.197. The van der Waals surface area contributed by atoms with Crippen LogP contribution in [0, 0.1) is 5.41 Å². The number of carbonyl (C=O) groups is 1. The molecular weight excluding hydrogens is 252 g/mol. The molecule has 3 N–H and O–H groups in total. The molecule has 0 aliphatic heterocycles. The highest BCUT2D eigenvalue weighted by Crippen LogP contribution is 2.21. The van der Waals surface area contributed by atoms with Gasteiger partial charge in [-0.05, 0) is 36.5 Å². The Balaban J connectivity index is 2.54. The molecule has 1 aromatic rings. The normalized spacial score (nSPS) is 13.0. The molecule has 0 fully saturated rings. The molecule has 4 heteroatoms. The number of methoxy groups -OCH3 is 1. The Morgan fingerprint density at radius 1 is 1.45 bits per heavy atom. The Hall–Kier alpha value is -1.55. The molecule has 1 unspecified atom stereocenters. The highest BCUT2D eigenvalue weighted by molar-refractivity contribution is 5.83. The van der Waals surface area contributed by atoms with Gasteiger partial charge in [0.25, 0.3) is 0 Å². The molecule has 0 aliphatic carbocycles. The molecule has 0 radical (unpaired) electrons. The highest BCUT2D eigenvalue weighted by Gasteiger charge is 2.21. The number of nitrogens with one attached hydrogen (secondary N) is 1. The van der Waals surface area contributed by atoms with Gasteiger partial charge in [0, 0.05) is 25.9 Å². The zero-order valence-corrected chi connectivity index (χ0v) is 12.9. The van der Waals surface area contributed by atoms with E-state index in [1.54, 1.807) is 7.11 Å². The summed E-state index contributed by atoms with van der Waals surface area (Å²) in [6.07, 6.45) is 0.913. The van der Waals surface area contributed by atoms with Gasteiger partial charge in [0.2, 0.25) is 5.91 Å². The number of carbonyl (C=O) groups excluding carboxylic acids is 1. The van der Waals surface area contributed by atoms with E-state index in [9.17, 15) is 4.79 Å². The summed E-state index contributed by atoms with van der Waals surface area (Å²) >= 11 is 0. The molecule has 0 bridgehead atoms. The van der Waals surface area contributed by atoms with E-state index in [-0.39, 0.29) is 17.2 Å². The quantitative estimate of drug-likeness (QED) is 0.753. The van der Waals surface area contributed by atoms with Gasteiger partial charge < -0.3 is 15.8 Å². The molecule has 1 aromatic carbocycles. The van der Waals surface area contributed by atoms with Crippen molar-refractivity contribution in [1.29, 1.82) is 0 Å². The maximum atomic E-state index is 12.2. The van der Waals surface area contributed by atoms with Gasteiger partial charge in [-0.1, -0.05) is 26.0 Å². The summed E-state index contributed by atoms with van der Waals surface area (Å²) in [7, 11) is 1.69. The van der Waals surface area contributed by atoms with Crippen molar-refractivity contribution in [2.24, 2.45) is 5.41 Å². The number of nitrogens with two attached hydrogens (primary N) is 1. The van der Waals surface area contributed by atoms with Gasteiger partial charge in [-0.3, -0.25) is 4.79 Å². The molecule has 1 atom stereocenters. The van der Waals surface area contributed by atoms with Gasteiger partial charge in [-0.2, -0.15) is 0 Å². The minimum absolute atomic E-state index is 0.0288.